The fourth-order valence-electron chi connectivity index (χ4n) is 1.48. The van der Waals surface area contributed by atoms with Crippen LogP contribution in [0.1, 0.15) is 13.3 Å². The molecular formula is C8H16N2O3. The zero-order valence-electron chi connectivity index (χ0n) is 7.79. The molecule has 0 radical (unpaired) electrons. The van der Waals surface area contributed by atoms with Gasteiger partial charge in [-0.25, -0.2) is 4.79 Å². The molecule has 0 bridgehead atoms. The van der Waals surface area contributed by atoms with E-state index in [1.54, 1.807) is 0 Å². The summed E-state index contributed by atoms with van der Waals surface area (Å²) in [6.07, 6.45) is -0.144. The third-order valence-corrected chi connectivity index (χ3v) is 2.01. The Kier molecular flexibility index (Phi) is 3.98. The molecule has 13 heavy (non-hydrogen) atoms. The van der Waals surface area contributed by atoms with E-state index < -0.39 is 6.09 Å². The summed E-state index contributed by atoms with van der Waals surface area (Å²) in [5, 5.41) is 3.12. The molecule has 0 spiro atoms. The molecule has 0 aliphatic carbocycles. The monoisotopic (exact) mass is 188 g/mol. The van der Waals surface area contributed by atoms with Crippen LogP contribution in [0, 0.1) is 0 Å². The zero-order valence-corrected chi connectivity index (χ0v) is 7.79. The van der Waals surface area contributed by atoms with Gasteiger partial charge in [-0.15, -0.1) is 0 Å². The second-order valence-electron chi connectivity index (χ2n) is 2.96. The van der Waals surface area contributed by atoms with Gasteiger partial charge in [0.25, 0.3) is 0 Å². The van der Waals surface area contributed by atoms with Crippen LogP contribution in [-0.2, 0) is 9.47 Å². The maximum absolute atomic E-state index is 10.5. The predicted octanol–water partition coefficient (Wildman–Crippen LogP) is -0.151. The lowest BCUT2D eigenvalue weighted by molar-refractivity contribution is -0.0515. The van der Waals surface area contributed by atoms with E-state index in [1.807, 2.05) is 6.92 Å². The van der Waals surface area contributed by atoms with E-state index in [1.165, 1.54) is 0 Å². The van der Waals surface area contributed by atoms with Gasteiger partial charge >= 0.3 is 6.09 Å². The first-order valence-electron chi connectivity index (χ1n) is 4.52. The lowest BCUT2D eigenvalue weighted by atomic mass is 10.1. The van der Waals surface area contributed by atoms with Crippen molar-refractivity contribution in [2.75, 3.05) is 19.7 Å². The average Bonchev–Trinajstić information content (AvgIpc) is 2.08. The fourth-order valence-corrected chi connectivity index (χ4v) is 1.48. The summed E-state index contributed by atoms with van der Waals surface area (Å²) in [6, 6.07) is 0. The van der Waals surface area contributed by atoms with E-state index in [4.69, 9.17) is 15.2 Å². The summed E-state index contributed by atoms with van der Waals surface area (Å²) in [7, 11) is 0. The molecule has 1 rings (SSSR count). The van der Waals surface area contributed by atoms with Crippen LogP contribution < -0.4 is 11.1 Å². The topological polar surface area (TPSA) is 73.6 Å². The minimum absolute atomic E-state index is 0.0150. The number of carbonyl (C=O) groups excluding carboxylic acids is 1. The number of nitrogens with one attached hydrogen (secondary N) is 1. The van der Waals surface area contributed by atoms with Crippen LogP contribution in [0.4, 0.5) is 4.79 Å². The number of primary amides is 1. The van der Waals surface area contributed by atoms with Gasteiger partial charge in [0, 0.05) is 13.2 Å². The Balaban J connectivity index is 2.41. The molecule has 0 aromatic heterocycles. The first-order valence-corrected chi connectivity index (χ1v) is 4.52. The van der Waals surface area contributed by atoms with Crippen LogP contribution in [0.3, 0.4) is 0 Å². The fraction of sp³-hybridized carbons (Fsp3) is 0.875. The van der Waals surface area contributed by atoms with Crippen molar-refractivity contribution in [3.63, 3.8) is 0 Å². The third-order valence-electron chi connectivity index (χ3n) is 2.01. The molecule has 0 saturated carbocycles. The van der Waals surface area contributed by atoms with E-state index in [9.17, 15) is 4.79 Å². The van der Waals surface area contributed by atoms with Crippen LogP contribution >= 0.6 is 0 Å². The Hall–Kier alpha value is -0.810. The smallest absolute Gasteiger partial charge is 0.404 e. The van der Waals surface area contributed by atoms with Crippen LogP contribution in [0.5, 0.6) is 0 Å². The lowest BCUT2D eigenvalue weighted by Crippen LogP contribution is -2.48. The van der Waals surface area contributed by atoms with Crippen LogP contribution in [0.2, 0.25) is 0 Å². The molecule has 1 amide bonds. The number of nitrogens with two attached hydrogens (primary N) is 1. The van der Waals surface area contributed by atoms with Gasteiger partial charge < -0.3 is 20.5 Å². The highest BCUT2D eigenvalue weighted by Gasteiger charge is 2.27. The molecule has 1 heterocycles. The van der Waals surface area contributed by atoms with Crippen molar-refractivity contribution < 1.29 is 14.3 Å². The van der Waals surface area contributed by atoms with Crippen molar-refractivity contribution in [2.24, 2.45) is 5.73 Å². The summed E-state index contributed by atoms with van der Waals surface area (Å²) in [6.45, 7) is 4.06. The van der Waals surface area contributed by atoms with Gasteiger partial charge in [-0.05, 0) is 19.9 Å². The van der Waals surface area contributed by atoms with E-state index in [0.29, 0.717) is 13.2 Å². The number of hydrogen-bond donors (Lipinski definition) is 2. The van der Waals surface area contributed by atoms with E-state index in [-0.39, 0.29) is 12.2 Å². The summed E-state index contributed by atoms with van der Waals surface area (Å²) in [4.78, 5) is 10.5. The number of hydrogen-bond acceptors (Lipinski definition) is 4. The molecule has 0 aromatic rings. The summed E-state index contributed by atoms with van der Waals surface area (Å²) in [5.41, 5.74) is 4.94. The lowest BCUT2D eigenvalue weighted by Gasteiger charge is -2.30. The van der Waals surface area contributed by atoms with E-state index in [0.717, 1.165) is 13.0 Å². The van der Waals surface area contributed by atoms with Crippen molar-refractivity contribution in [3.8, 4) is 0 Å². The molecular weight excluding hydrogens is 172 g/mol. The van der Waals surface area contributed by atoms with Gasteiger partial charge in [-0.3, -0.25) is 0 Å². The van der Waals surface area contributed by atoms with Crippen molar-refractivity contribution in [1.82, 2.24) is 5.32 Å². The Morgan fingerprint density at radius 1 is 1.62 bits per heavy atom. The largest absolute Gasteiger partial charge is 0.442 e. The average molecular weight is 188 g/mol. The van der Waals surface area contributed by atoms with Crippen LogP contribution in [-0.4, -0.2) is 38.0 Å². The molecule has 76 valence electrons. The molecule has 5 heteroatoms. The molecule has 2 unspecified atom stereocenters. The first kappa shape index (κ1) is 10.3. The number of rotatable bonds is 3. The van der Waals surface area contributed by atoms with Crippen molar-refractivity contribution >= 4 is 6.09 Å². The highest BCUT2D eigenvalue weighted by molar-refractivity contribution is 5.64. The number of piperidine rings is 1. The molecule has 1 fully saturated rings. The second kappa shape index (κ2) is 5.04. The molecule has 1 aliphatic rings. The van der Waals surface area contributed by atoms with Gasteiger partial charge in [0.05, 0.1) is 6.10 Å². The minimum atomic E-state index is -0.738. The molecule has 0 aromatic carbocycles. The van der Waals surface area contributed by atoms with E-state index >= 15 is 0 Å². The van der Waals surface area contributed by atoms with Gasteiger partial charge in [-0.1, -0.05) is 0 Å². The minimum Gasteiger partial charge on any atom is -0.442 e. The van der Waals surface area contributed by atoms with Crippen molar-refractivity contribution in [3.05, 3.63) is 0 Å². The highest BCUT2D eigenvalue weighted by Crippen LogP contribution is 2.11. The van der Waals surface area contributed by atoms with Crippen molar-refractivity contribution in [1.29, 1.82) is 0 Å². The van der Waals surface area contributed by atoms with Gasteiger partial charge in [0.2, 0.25) is 0 Å². The van der Waals surface area contributed by atoms with Gasteiger partial charge in [0.1, 0.15) is 6.10 Å². The first-order chi connectivity index (χ1) is 6.24. The quantitative estimate of drug-likeness (QED) is 0.646. The number of amides is 1. The Bertz CT molecular complexity index is 173. The molecule has 1 saturated heterocycles. The highest BCUT2D eigenvalue weighted by atomic mass is 16.6. The summed E-state index contributed by atoms with van der Waals surface area (Å²) in [5.74, 6) is 0. The van der Waals surface area contributed by atoms with Crippen LogP contribution in [0.15, 0.2) is 0 Å². The molecule has 1 aliphatic heterocycles. The SMILES string of the molecule is CCOC1CCNCC1OC(N)=O. The van der Waals surface area contributed by atoms with Gasteiger partial charge in [0.15, 0.2) is 0 Å². The predicted molar refractivity (Wildman–Crippen MR) is 47.4 cm³/mol. The van der Waals surface area contributed by atoms with Crippen molar-refractivity contribution in [2.45, 2.75) is 25.6 Å². The number of ether oxygens (including phenoxy) is 2. The number of carbonyl (C=O) groups is 1. The molecule has 3 N–H and O–H groups in total. The Morgan fingerprint density at radius 2 is 2.38 bits per heavy atom. The standard InChI is InChI=1S/C8H16N2O3/c1-2-12-6-3-4-10-5-7(6)13-8(9)11/h6-7,10H,2-5H2,1H3,(H2,9,11). The summed E-state index contributed by atoms with van der Waals surface area (Å²) < 4.78 is 10.3. The maximum atomic E-state index is 10.5. The van der Waals surface area contributed by atoms with E-state index in [2.05, 4.69) is 5.32 Å². The Morgan fingerprint density at radius 3 is 3.00 bits per heavy atom. The Labute approximate surface area is 77.6 Å². The third kappa shape index (κ3) is 3.20. The summed E-state index contributed by atoms with van der Waals surface area (Å²) >= 11 is 0. The van der Waals surface area contributed by atoms with Gasteiger partial charge in [-0.2, -0.15) is 0 Å². The molecule has 2 atom stereocenters. The maximum Gasteiger partial charge on any atom is 0.404 e. The zero-order chi connectivity index (χ0) is 9.68. The molecule has 5 nitrogen and oxygen atoms in total. The van der Waals surface area contributed by atoms with Crippen LogP contribution in [0.25, 0.3) is 0 Å². The second-order valence-corrected chi connectivity index (χ2v) is 2.96. The normalized spacial score (nSPS) is 28.4.